The monoisotopic (exact) mass is 1090 g/mol. The number of phosphoric ester groups is 1. The Labute approximate surface area is 470 Å². The van der Waals surface area contributed by atoms with Crippen molar-refractivity contribution in [2.45, 2.75) is 296 Å². The van der Waals surface area contributed by atoms with E-state index in [1.54, 1.807) is 0 Å². The van der Waals surface area contributed by atoms with Crippen LogP contribution >= 0.6 is 7.82 Å². The molecule has 0 rings (SSSR count). The molecule has 0 aliphatic rings. The summed E-state index contributed by atoms with van der Waals surface area (Å²) in [6, 6.07) is -0.858. The predicted octanol–water partition coefficient (Wildman–Crippen LogP) is 19.6. The number of carbonyl (C=O) groups is 2. The van der Waals surface area contributed by atoms with Crippen LogP contribution in [0.15, 0.2) is 72.9 Å². The Balaban J connectivity index is 5.09. The molecular formula is C66H122N2O7P+. The summed E-state index contributed by atoms with van der Waals surface area (Å²) in [6.45, 7) is 6.85. The van der Waals surface area contributed by atoms with Crippen molar-refractivity contribution >= 4 is 19.7 Å². The standard InChI is InChI=1S/C66H121N2O7P/c1-7-10-13-16-19-22-25-28-29-30-31-32-33-34-35-36-37-38-39-41-43-46-49-52-55-58-65(69)67-63(62-74-76(71,72)73-61-60-68(4,5)6)64(57-54-51-48-45-42-27-24-21-18-15-12-9-3)75-66(70)59-56-53-50-47-44-40-26-23-20-17-14-11-8-2/h11,14,17,19-20,22-23,26,28-29,54,57,63-64H,7-10,12-13,15-16,18,21,24-25,27,30-53,55-56,58-62H2,1-6H3,(H-,67,69,71,72)/p+1/b14-11+,20-17+,22-19-,26-23-,29-28-,57-54-. The van der Waals surface area contributed by atoms with Gasteiger partial charge in [0.05, 0.1) is 33.8 Å². The van der Waals surface area contributed by atoms with Gasteiger partial charge in [0.15, 0.2) is 0 Å². The van der Waals surface area contributed by atoms with Crippen LogP contribution in [-0.2, 0) is 27.9 Å². The molecule has 10 heteroatoms. The first-order valence-corrected chi connectivity index (χ1v) is 33.3. The Bertz CT molecular complexity index is 1530. The zero-order chi connectivity index (χ0) is 55.7. The van der Waals surface area contributed by atoms with E-state index in [4.69, 9.17) is 13.8 Å². The van der Waals surface area contributed by atoms with E-state index >= 15 is 0 Å². The predicted molar refractivity (Wildman–Crippen MR) is 328 cm³/mol. The highest BCUT2D eigenvalue weighted by Gasteiger charge is 2.30. The smallest absolute Gasteiger partial charge is 0.456 e. The van der Waals surface area contributed by atoms with Crippen LogP contribution in [0.5, 0.6) is 0 Å². The van der Waals surface area contributed by atoms with Crippen molar-refractivity contribution in [3.63, 3.8) is 0 Å². The molecule has 9 nitrogen and oxygen atoms in total. The van der Waals surface area contributed by atoms with Crippen molar-refractivity contribution in [2.75, 3.05) is 40.9 Å². The largest absolute Gasteiger partial charge is 0.472 e. The molecule has 76 heavy (non-hydrogen) atoms. The summed E-state index contributed by atoms with van der Waals surface area (Å²) in [5.41, 5.74) is 0. The third kappa shape index (κ3) is 56.2. The first-order chi connectivity index (χ1) is 36.9. The third-order valence-corrected chi connectivity index (χ3v) is 14.9. The molecule has 0 aromatic rings. The second kappa shape index (κ2) is 55.8. The number of allylic oxidation sites excluding steroid dienone is 11. The van der Waals surface area contributed by atoms with Crippen LogP contribution in [0.3, 0.4) is 0 Å². The SMILES string of the molecule is CC/C=C/C=C/C=C\CCCCCCCC(=O)OC(/C=C\CCCCCCCCCCCC)C(COP(=O)(O)OCC[N+](C)(C)C)NC(=O)CCCCCCCCCCCCCCCCC/C=C\C/C=C\CCCCC. The molecule has 0 heterocycles. The van der Waals surface area contributed by atoms with Gasteiger partial charge < -0.3 is 19.4 Å². The molecule has 3 atom stereocenters. The van der Waals surface area contributed by atoms with Gasteiger partial charge in [-0.15, -0.1) is 0 Å². The fourth-order valence-corrected chi connectivity index (χ4v) is 9.77. The Morgan fingerprint density at radius 3 is 1.38 bits per heavy atom. The third-order valence-electron chi connectivity index (χ3n) is 13.9. The number of esters is 1. The van der Waals surface area contributed by atoms with Crippen molar-refractivity contribution in [1.29, 1.82) is 0 Å². The topological polar surface area (TPSA) is 111 Å². The van der Waals surface area contributed by atoms with Gasteiger partial charge in [-0.25, -0.2) is 4.57 Å². The first-order valence-electron chi connectivity index (χ1n) is 31.8. The summed E-state index contributed by atoms with van der Waals surface area (Å²) < 4.78 is 30.7. The van der Waals surface area contributed by atoms with E-state index in [1.165, 1.54) is 161 Å². The van der Waals surface area contributed by atoms with Crippen LogP contribution in [0.25, 0.3) is 0 Å². The molecule has 3 unspecified atom stereocenters. The number of unbranched alkanes of at least 4 members (excludes halogenated alkanes) is 33. The van der Waals surface area contributed by atoms with Crippen LogP contribution in [-0.4, -0.2) is 74.3 Å². The molecule has 0 spiro atoms. The summed E-state index contributed by atoms with van der Waals surface area (Å²) >= 11 is 0. The summed E-state index contributed by atoms with van der Waals surface area (Å²) in [4.78, 5) is 37.7. The van der Waals surface area contributed by atoms with Crippen LogP contribution in [0.2, 0.25) is 0 Å². The lowest BCUT2D eigenvalue weighted by Crippen LogP contribution is -2.47. The molecule has 2 N–H and O–H groups in total. The van der Waals surface area contributed by atoms with Gasteiger partial charge in [0.1, 0.15) is 19.3 Å². The average Bonchev–Trinajstić information content (AvgIpc) is 3.38. The van der Waals surface area contributed by atoms with E-state index in [1.807, 2.05) is 33.3 Å². The number of amides is 1. The zero-order valence-corrected chi connectivity index (χ0v) is 51.4. The Kier molecular flexibility index (Phi) is 53.9. The van der Waals surface area contributed by atoms with Gasteiger partial charge in [-0.2, -0.15) is 0 Å². The van der Waals surface area contributed by atoms with Crippen molar-refractivity contribution in [1.82, 2.24) is 5.32 Å². The van der Waals surface area contributed by atoms with E-state index in [2.05, 4.69) is 86.8 Å². The van der Waals surface area contributed by atoms with Crippen LogP contribution in [0.1, 0.15) is 284 Å². The fraction of sp³-hybridized carbons (Fsp3) is 0.788. The van der Waals surface area contributed by atoms with Crippen LogP contribution in [0.4, 0.5) is 0 Å². The number of carbonyl (C=O) groups excluding carboxylic acids is 2. The van der Waals surface area contributed by atoms with E-state index < -0.39 is 20.0 Å². The van der Waals surface area contributed by atoms with Crippen LogP contribution in [0, 0.1) is 0 Å². The maximum atomic E-state index is 13.6. The quantitative estimate of drug-likeness (QED) is 0.0156. The first kappa shape index (κ1) is 73.5. The normalized spacial score (nSPS) is 14.1. The van der Waals surface area contributed by atoms with Gasteiger partial charge in [-0.1, -0.05) is 261 Å². The Morgan fingerprint density at radius 1 is 0.487 bits per heavy atom. The highest BCUT2D eigenvalue weighted by Crippen LogP contribution is 2.43. The molecule has 0 radical (unpaired) electrons. The average molecular weight is 1090 g/mol. The molecular weight excluding hydrogens is 964 g/mol. The van der Waals surface area contributed by atoms with Crippen molar-refractivity contribution in [2.24, 2.45) is 0 Å². The minimum atomic E-state index is -4.45. The number of nitrogens with zero attached hydrogens (tertiary/aromatic N) is 1. The highest BCUT2D eigenvalue weighted by molar-refractivity contribution is 7.47. The molecule has 0 saturated heterocycles. The molecule has 1 amide bonds. The number of hydrogen-bond donors (Lipinski definition) is 2. The summed E-state index contributed by atoms with van der Waals surface area (Å²) in [5, 5.41) is 3.05. The van der Waals surface area contributed by atoms with E-state index in [0.717, 1.165) is 83.5 Å². The minimum Gasteiger partial charge on any atom is -0.456 e. The van der Waals surface area contributed by atoms with Gasteiger partial charge in [0.25, 0.3) is 0 Å². The molecule has 0 saturated carbocycles. The van der Waals surface area contributed by atoms with E-state index in [9.17, 15) is 19.0 Å². The minimum absolute atomic E-state index is 0.0352. The number of rotatable bonds is 57. The molecule has 0 aliphatic heterocycles. The molecule has 0 bridgehead atoms. The lowest BCUT2D eigenvalue weighted by Gasteiger charge is -2.27. The zero-order valence-electron chi connectivity index (χ0n) is 50.5. The molecule has 442 valence electrons. The van der Waals surface area contributed by atoms with Crippen LogP contribution < -0.4 is 5.32 Å². The maximum Gasteiger partial charge on any atom is 0.472 e. The molecule has 0 fully saturated rings. The van der Waals surface area contributed by atoms with E-state index in [-0.39, 0.29) is 31.5 Å². The van der Waals surface area contributed by atoms with E-state index in [0.29, 0.717) is 23.9 Å². The number of ether oxygens (including phenoxy) is 1. The van der Waals surface area contributed by atoms with Crippen molar-refractivity contribution < 1.29 is 37.3 Å². The molecule has 0 aromatic heterocycles. The summed E-state index contributed by atoms with van der Waals surface area (Å²) in [7, 11) is 1.48. The Hall–Kier alpha value is -2.55. The number of hydrogen-bond acceptors (Lipinski definition) is 6. The lowest BCUT2D eigenvalue weighted by molar-refractivity contribution is -0.870. The summed E-state index contributed by atoms with van der Waals surface area (Å²) in [5.74, 6) is -0.525. The fourth-order valence-electron chi connectivity index (χ4n) is 9.03. The number of phosphoric acid groups is 1. The van der Waals surface area contributed by atoms with Gasteiger partial charge in [-0.3, -0.25) is 18.6 Å². The van der Waals surface area contributed by atoms with Gasteiger partial charge in [-0.05, 0) is 83.1 Å². The van der Waals surface area contributed by atoms with Crippen molar-refractivity contribution in [3.05, 3.63) is 72.9 Å². The second-order valence-electron chi connectivity index (χ2n) is 22.6. The van der Waals surface area contributed by atoms with Gasteiger partial charge in [0, 0.05) is 12.8 Å². The second-order valence-corrected chi connectivity index (χ2v) is 24.1. The molecule has 0 aliphatic carbocycles. The van der Waals surface area contributed by atoms with Crippen molar-refractivity contribution in [3.8, 4) is 0 Å². The Morgan fingerprint density at radius 2 is 0.895 bits per heavy atom. The lowest BCUT2D eigenvalue weighted by atomic mass is 10.0. The van der Waals surface area contributed by atoms with Gasteiger partial charge >= 0.3 is 13.8 Å². The molecule has 0 aromatic carbocycles. The van der Waals surface area contributed by atoms with Gasteiger partial charge in [0.2, 0.25) is 5.91 Å². The highest BCUT2D eigenvalue weighted by atomic mass is 31.2. The maximum absolute atomic E-state index is 13.6. The number of quaternary nitrogens is 1. The number of nitrogens with one attached hydrogen (secondary N) is 1. The number of likely N-dealkylation sites (N-methyl/N-ethyl adjacent to an activating group) is 1. The summed E-state index contributed by atoms with van der Waals surface area (Å²) in [6.07, 6.45) is 72.0.